The van der Waals surface area contributed by atoms with Crippen molar-refractivity contribution in [2.24, 2.45) is 5.41 Å². The van der Waals surface area contributed by atoms with E-state index in [1.54, 1.807) is 0 Å². The highest BCUT2D eigenvalue weighted by atomic mass is 19.4. The SMILES string of the molecule is CCc1cnc(CNC(=O)C2(C(F)(F)F)CCNC2)o1. The molecule has 1 aliphatic heterocycles. The number of oxazole rings is 1. The topological polar surface area (TPSA) is 67.2 Å². The number of hydrogen-bond acceptors (Lipinski definition) is 4. The third-order valence-corrected chi connectivity index (χ3v) is 3.48. The minimum absolute atomic E-state index is 0.142. The number of rotatable bonds is 4. The summed E-state index contributed by atoms with van der Waals surface area (Å²) in [6, 6.07) is 0. The molecule has 0 aliphatic carbocycles. The summed E-state index contributed by atoms with van der Waals surface area (Å²) >= 11 is 0. The van der Waals surface area contributed by atoms with Gasteiger partial charge in [0.2, 0.25) is 11.8 Å². The smallest absolute Gasteiger partial charge is 0.404 e. The Morgan fingerprint density at radius 3 is 2.85 bits per heavy atom. The van der Waals surface area contributed by atoms with Gasteiger partial charge in [0.05, 0.1) is 12.7 Å². The lowest BCUT2D eigenvalue weighted by molar-refractivity contribution is -0.216. The first-order valence-corrected chi connectivity index (χ1v) is 6.38. The fourth-order valence-electron chi connectivity index (χ4n) is 2.17. The molecule has 1 aromatic rings. The van der Waals surface area contributed by atoms with Crippen LogP contribution in [-0.4, -0.2) is 30.2 Å². The number of halogens is 3. The monoisotopic (exact) mass is 291 g/mol. The second kappa shape index (κ2) is 5.43. The molecule has 1 aromatic heterocycles. The number of nitrogens with zero attached hydrogens (tertiary/aromatic N) is 1. The lowest BCUT2D eigenvalue weighted by Gasteiger charge is -2.29. The van der Waals surface area contributed by atoms with Crippen LogP contribution in [0.3, 0.4) is 0 Å². The van der Waals surface area contributed by atoms with Crippen LogP contribution in [0.25, 0.3) is 0 Å². The molecule has 0 aromatic carbocycles. The number of nitrogens with one attached hydrogen (secondary N) is 2. The van der Waals surface area contributed by atoms with Gasteiger partial charge in [-0.2, -0.15) is 13.2 Å². The zero-order chi connectivity index (χ0) is 14.8. The van der Waals surface area contributed by atoms with Crippen LogP contribution in [-0.2, 0) is 17.8 Å². The molecule has 0 saturated carbocycles. The second-order valence-corrected chi connectivity index (χ2v) is 4.76. The van der Waals surface area contributed by atoms with Crippen LogP contribution in [0, 0.1) is 5.41 Å². The predicted molar refractivity (Wildman–Crippen MR) is 63.7 cm³/mol. The van der Waals surface area contributed by atoms with Crippen molar-refractivity contribution in [3.05, 3.63) is 17.8 Å². The molecule has 1 aliphatic rings. The van der Waals surface area contributed by atoms with Crippen molar-refractivity contribution in [2.75, 3.05) is 13.1 Å². The summed E-state index contributed by atoms with van der Waals surface area (Å²) in [5.41, 5.74) is -2.35. The molecule has 5 nitrogen and oxygen atoms in total. The van der Waals surface area contributed by atoms with Crippen molar-refractivity contribution in [2.45, 2.75) is 32.5 Å². The Morgan fingerprint density at radius 2 is 2.35 bits per heavy atom. The number of alkyl halides is 3. The first-order valence-electron chi connectivity index (χ1n) is 6.38. The Bertz CT molecular complexity index is 479. The van der Waals surface area contributed by atoms with E-state index in [0.717, 1.165) is 0 Å². The molecule has 2 rings (SSSR count). The normalized spacial score (nSPS) is 23.0. The number of carbonyl (C=O) groups excluding carboxylic acids is 1. The van der Waals surface area contributed by atoms with Crippen LogP contribution in [0.2, 0.25) is 0 Å². The fourth-order valence-corrected chi connectivity index (χ4v) is 2.17. The minimum Gasteiger partial charge on any atom is -0.444 e. The molecule has 0 radical (unpaired) electrons. The standard InChI is InChI=1S/C12H16F3N3O2/c1-2-8-5-17-9(20-8)6-18-10(19)11(12(13,14)15)3-4-16-7-11/h5,16H,2-4,6-7H2,1H3,(H,18,19). The molecule has 112 valence electrons. The van der Waals surface area contributed by atoms with Gasteiger partial charge in [0, 0.05) is 13.0 Å². The van der Waals surface area contributed by atoms with Crippen molar-refractivity contribution in [3.63, 3.8) is 0 Å². The molecule has 0 bridgehead atoms. The zero-order valence-corrected chi connectivity index (χ0v) is 11.0. The quantitative estimate of drug-likeness (QED) is 0.880. The maximum atomic E-state index is 13.1. The summed E-state index contributed by atoms with van der Waals surface area (Å²) < 4.78 is 44.6. The van der Waals surface area contributed by atoms with E-state index < -0.39 is 24.0 Å². The number of carbonyl (C=O) groups is 1. The lowest BCUT2D eigenvalue weighted by Crippen LogP contribution is -2.52. The zero-order valence-electron chi connectivity index (χ0n) is 11.0. The Kier molecular flexibility index (Phi) is 4.03. The highest BCUT2D eigenvalue weighted by molar-refractivity contribution is 5.84. The van der Waals surface area contributed by atoms with E-state index in [0.29, 0.717) is 12.2 Å². The van der Waals surface area contributed by atoms with E-state index >= 15 is 0 Å². The molecule has 2 heterocycles. The average Bonchev–Trinajstić information content (AvgIpc) is 3.04. The largest absolute Gasteiger partial charge is 0.444 e. The molecule has 1 saturated heterocycles. The summed E-state index contributed by atoms with van der Waals surface area (Å²) in [6.07, 6.45) is -2.70. The van der Waals surface area contributed by atoms with Crippen LogP contribution >= 0.6 is 0 Å². The summed E-state index contributed by atoms with van der Waals surface area (Å²) in [5, 5.41) is 4.86. The van der Waals surface area contributed by atoms with E-state index in [2.05, 4.69) is 15.6 Å². The van der Waals surface area contributed by atoms with Crippen LogP contribution < -0.4 is 10.6 Å². The van der Waals surface area contributed by atoms with E-state index in [1.807, 2.05) is 6.92 Å². The molecular weight excluding hydrogens is 275 g/mol. The summed E-state index contributed by atoms with van der Waals surface area (Å²) in [4.78, 5) is 15.8. The van der Waals surface area contributed by atoms with Gasteiger partial charge in [-0.25, -0.2) is 4.98 Å². The van der Waals surface area contributed by atoms with Gasteiger partial charge in [0.25, 0.3) is 0 Å². The van der Waals surface area contributed by atoms with Crippen molar-refractivity contribution >= 4 is 5.91 Å². The van der Waals surface area contributed by atoms with E-state index in [9.17, 15) is 18.0 Å². The number of aromatic nitrogens is 1. The van der Waals surface area contributed by atoms with Gasteiger partial charge in [0.15, 0.2) is 5.41 Å². The maximum Gasteiger partial charge on any atom is 0.404 e. The van der Waals surface area contributed by atoms with E-state index in [-0.39, 0.29) is 25.4 Å². The van der Waals surface area contributed by atoms with Crippen LogP contribution in [0.1, 0.15) is 25.0 Å². The molecule has 2 N–H and O–H groups in total. The molecule has 1 unspecified atom stereocenters. The lowest BCUT2D eigenvalue weighted by atomic mass is 9.85. The van der Waals surface area contributed by atoms with Crippen LogP contribution in [0.5, 0.6) is 0 Å². The van der Waals surface area contributed by atoms with Gasteiger partial charge in [-0.05, 0) is 13.0 Å². The van der Waals surface area contributed by atoms with Crippen LogP contribution in [0.4, 0.5) is 13.2 Å². The van der Waals surface area contributed by atoms with Crippen molar-refractivity contribution in [3.8, 4) is 0 Å². The third-order valence-electron chi connectivity index (χ3n) is 3.48. The average molecular weight is 291 g/mol. The van der Waals surface area contributed by atoms with E-state index in [1.165, 1.54) is 6.20 Å². The Labute approximate surface area is 113 Å². The first kappa shape index (κ1) is 14.8. The molecule has 0 spiro atoms. The van der Waals surface area contributed by atoms with Gasteiger partial charge < -0.3 is 15.1 Å². The maximum absolute atomic E-state index is 13.1. The minimum atomic E-state index is -4.58. The number of amides is 1. The summed E-state index contributed by atoms with van der Waals surface area (Å²) in [7, 11) is 0. The van der Waals surface area contributed by atoms with Gasteiger partial charge in [0.1, 0.15) is 5.76 Å². The third kappa shape index (κ3) is 2.65. The first-order chi connectivity index (χ1) is 9.39. The Hall–Kier alpha value is -1.57. The van der Waals surface area contributed by atoms with Crippen LogP contribution in [0.15, 0.2) is 10.6 Å². The number of hydrogen-bond donors (Lipinski definition) is 2. The fraction of sp³-hybridized carbons (Fsp3) is 0.667. The Balaban J connectivity index is 2.03. The van der Waals surface area contributed by atoms with Crippen molar-refractivity contribution in [1.82, 2.24) is 15.6 Å². The van der Waals surface area contributed by atoms with Crippen molar-refractivity contribution < 1.29 is 22.4 Å². The molecular formula is C12H16F3N3O2. The van der Waals surface area contributed by atoms with Gasteiger partial charge >= 0.3 is 6.18 Å². The number of aryl methyl sites for hydroxylation is 1. The highest BCUT2D eigenvalue weighted by Gasteiger charge is 2.61. The van der Waals surface area contributed by atoms with Gasteiger partial charge in [-0.15, -0.1) is 0 Å². The summed E-state index contributed by atoms with van der Waals surface area (Å²) in [6.45, 7) is 1.50. The predicted octanol–water partition coefficient (Wildman–Crippen LogP) is 1.40. The summed E-state index contributed by atoms with van der Waals surface area (Å²) in [5.74, 6) is -0.202. The van der Waals surface area contributed by atoms with E-state index in [4.69, 9.17) is 4.42 Å². The molecule has 1 amide bonds. The molecule has 8 heteroatoms. The van der Waals surface area contributed by atoms with Crippen molar-refractivity contribution in [1.29, 1.82) is 0 Å². The van der Waals surface area contributed by atoms with Gasteiger partial charge in [-0.3, -0.25) is 4.79 Å². The highest BCUT2D eigenvalue weighted by Crippen LogP contribution is 2.43. The molecule has 1 atom stereocenters. The van der Waals surface area contributed by atoms with Gasteiger partial charge in [-0.1, -0.05) is 6.92 Å². The molecule has 20 heavy (non-hydrogen) atoms. The Morgan fingerprint density at radius 1 is 1.60 bits per heavy atom. The second-order valence-electron chi connectivity index (χ2n) is 4.76. The molecule has 1 fully saturated rings.